The number of rotatable bonds is 4. The van der Waals surface area contributed by atoms with Gasteiger partial charge in [0.05, 0.1) is 0 Å². The van der Waals surface area contributed by atoms with Gasteiger partial charge in [-0.3, -0.25) is 0 Å². The van der Waals surface area contributed by atoms with E-state index in [1.54, 1.807) is 0 Å². The lowest BCUT2D eigenvalue weighted by atomic mass is 10.3. The monoisotopic (exact) mass is 176 g/mol. The zero-order valence-corrected chi connectivity index (χ0v) is 7.58. The molecule has 0 bridgehead atoms. The molecule has 0 unspecified atom stereocenters. The van der Waals surface area contributed by atoms with Crippen molar-refractivity contribution in [2.24, 2.45) is 0 Å². The van der Waals surface area contributed by atoms with Gasteiger partial charge in [-0.1, -0.05) is 0 Å². The highest BCUT2D eigenvalue weighted by atomic mass is 16.5. The second kappa shape index (κ2) is 5.04. The maximum atomic E-state index is 8.28. The molecule has 1 rings (SSSR count). The van der Waals surface area contributed by atoms with Crippen molar-refractivity contribution in [3.63, 3.8) is 0 Å². The smallest absolute Gasteiger partial charge is 0.174 e. The molecule has 1 N–H and O–H groups in total. The van der Waals surface area contributed by atoms with E-state index < -0.39 is 0 Å². The van der Waals surface area contributed by atoms with Crippen LogP contribution < -0.4 is 10.1 Å². The van der Waals surface area contributed by atoms with E-state index in [-0.39, 0.29) is 6.61 Å². The van der Waals surface area contributed by atoms with Gasteiger partial charge >= 0.3 is 0 Å². The lowest BCUT2D eigenvalue weighted by Gasteiger charge is -2.04. The van der Waals surface area contributed by atoms with E-state index in [9.17, 15) is 0 Å². The summed E-state index contributed by atoms with van der Waals surface area (Å²) < 4.78 is 5.10. The number of ether oxygens (including phenoxy) is 1. The van der Waals surface area contributed by atoms with Crippen LogP contribution in [0.2, 0.25) is 0 Å². The first-order valence-electron chi connectivity index (χ1n) is 4.20. The van der Waals surface area contributed by atoms with Gasteiger partial charge in [-0.25, -0.2) is 0 Å². The van der Waals surface area contributed by atoms with Crippen LogP contribution >= 0.6 is 0 Å². The van der Waals surface area contributed by atoms with Crippen molar-refractivity contribution in [1.29, 1.82) is 5.26 Å². The van der Waals surface area contributed by atoms with Gasteiger partial charge in [-0.2, -0.15) is 5.26 Å². The average molecular weight is 176 g/mol. The number of hydrogen-bond donors (Lipinski definition) is 1. The maximum absolute atomic E-state index is 8.28. The number of hydrogen-bond acceptors (Lipinski definition) is 3. The van der Waals surface area contributed by atoms with E-state index in [2.05, 4.69) is 5.32 Å². The molecule has 0 aliphatic heterocycles. The Kier molecular flexibility index (Phi) is 3.65. The Bertz CT molecular complexity index is 287. The van der Waals surface area contributed by atoms with Gasteiger partial charge in [-0.15, -0.1) is 0 Å². The van der Waals surface area contributed by atoms with Crippen LogP contribution in [0, 0.1) is 11.3 Å². The fraction of sp³-hybridized carbons (Fsp3) is 0.300. The van der Waals surface area contributed by atoms with Gasteiger partial charge in [-0.05, 0) is 31.2 Å². The summed E-state index contributed by atoms with van der Waals surface area (Å²) in [4.78, 5) is 0. The van der Waals surface area contributed by atoms with Crippen LogP contribution in [-0.2, 0) is 0 Å². The van der Waals surface area contributed by atoms with Crippen LogP contribution in [0.25, 0.3) is 0 Å². The van der Waals surface area contributed by atoms with Crippen molar-refractivity contribution in [2.75, 3.05) is 18.5 Å². The van der Waals surface area contributed by atoms with E-state index in [1.165, 1.54) is 0 Å². The third-order valence-electron chi connectivity index (χ3n) is 1.54. The minimum Gasteiger partial charge on any atom is -0.479 e. The van der Waals surface area contributed by atoms with E-state index in [1.807, 2.05) is 37.3 Å². The Morgan fingerprint density at radius 2 is 2.08 bits per heavy atom. The molecule has 0 heterocycles. The van der Waals surface area contributed by atoms with Gasteiger partial charge in [0.15, 0.2) is 6.61 Å². The van der Waals surface area contributed by atoms with E-state index in [0.29, 0.717) is 0 Å². The highest BCUT2D eigenvalue weighted by Crippen LogP contribution is 2.14. The van der Waals surface area contributed by atoms with Crippen LogP contribution in [0.1, 0.15) is 6.92 Å². The molecule has 1 aromatic carbocycles. The molecule has 68 valence electrons. The number of nitrogens with zero attached hydrogens (tertiary/aromatic N) is 1. The molecule has 0 spiro atoms. The van der Waals surface area contributed by atoms with Crippen LogP contribution in [0.15, 0.2) is 24.3 Å². The molecule has 0 amide bonds. The summed E-state index contributed by atoms with van der Waals surface area (Å²) in [6, 6.07) is 9.46. The fourth-order valence-electron chi connectivity index (χ4n) is 0.989. The summed E-state index contributed by atoms with van der Waals surface area (Å²) in [6.07, 6.45) is 0. The number of nitriles is 1. The first-order valence-corrected chi connectivity index (χ1v) is 4.20. The topological polar surface area (TPSA) is 45.0 Å². The predicted octanol–water partition coefficient (Wildman–Crippen LogP) is 2.02. The second-order valence-corrected chi connectivity index (χ2v) is 2.50. The molecule has 0 aliphatic carbocycles. The third kappa shape index (κ3) is 3.04. The SMILES string of the molecule is CCNc1ccc(OCC#N)cc1. The van der Waals surface area contributed by atoms with Gasteiger partial charge in [0, 0.05) is 12.2 Å². The molecule has 0 radical (unpaired) electrons. The molecule has 13 heavy (non-hydrogen) atoms. The molecule has 3 heteroatoms. The number of nitrogens with one attached hydrogen (secondary N) is 1. The van der Waals surface area contributed by atoms with E-state index in [4.69, 9.17) is 10.00 Å². The van der Waals surface area contributed by atoms with Crippen molar-refractivity contribution in [1.82, 2.24) is 0 Å². The first-order chi connectivity index (χ1) is 6.36. The van der Waals surface area contributed by atoms with Gasteiger partial charge in [0.25, 0.3) is 0 Å². The Labute approximate surface area is 77.9 Å². The first kappa shape index (κ1) is 9.40. The summed E-state index contributed by atoms with van der Waals surface area (Å²) >= 11 is 0. The highest BCUT2D eigenvalue weighted by Gasteiger charge is 1.92. The van der Waals surface area contributed by atoms with Crippen LogP contribution in [0.5, 0.6) is 5.75 Å². The second-order valence-electron chi connectivity index (χ2n) is 2.50. The van der Waals surface area contributed by atoms with Crippen LogP contribution in [0.4, 0.5) is 5.69 Å². The molecule has 0 aromatic heterocycles. The summed E-state index contributed by atoms with van der Waals surface area (Å²) in [6.45, 7) is 3.04. The van der Waals surface area contributed by atoms with Gasteiger partial charge in [0.1, 0.15) is 11.8 Å². The third-order valence-corrected chi connectivity index (χ3v) is 1.54. The molecule has 0 aliphatic rings. The number of anilines is 1. The van der Waals surface area contributed by atoms with Crippen molar-refractivity contribution >= 4 is 5.69 Å². The quantitative estimate of drug-likeness (QED) is 0.763. The number of benzene rings is 1. The maximum Gasteiger partial charge on any atom is 0.174 e. The van der Waals surface area contributed by atoms with Gasteiger partial charge in [0.2, 0.25) is 0 Å². The van der Waals surface area contributed by atoms with Crippen molar-refractivity contribution in [3.8, 4) is 11.8 Å². The summed E-state index contributed by atoms with van der Waals surface area (Å²) in [5, 5.41) is 11.4. The normalized spacial score (nSPS) is 8.92. The lowest BCUT2D eigenvalue weighted by molar-refractivity contribution is 0.368. The molecule has 0 fully saturated rings. The predicted molar refractivity (Wildman–Crippen MR) is 51.7 cm³/mol. The molecular formula is C10H12N2O. The van der Waals surface area contributed by atoms with Gasteiger partial charge < -0.3 is 10.1 Å². The minimum absolute atomic E-state index is 0.0978. The largest absolute Gasteiger partial charge is 0.479 e. The van der Waals surface area contributed by atoms with Crippen molar-refractivity contribution in [3.05, 3.63) is 24.3 Å². The zero-order chi connectivity index (χ0) is 9.52. The molecule has 0 saturated heterocycles. The van der Waals surface area contributed by atoms with Crippen molar-refractivity contribution < 1.29 is 4.74 Å². The highest BCUT2D eigenvalue weighted by molar-refractivity contribution is 5.46. The molecule has 0 saturated carbocycles. The van der Waals surface area contributed by atoms with Crippen LogP contribution in [0.3, 0.4) is 0 Å². The van der Waals surface area contributed by atoms with E-state index >= 15 is 0 Å². The average Bonchev–Trinajstić information content (AvgIpc) is 2.17. The summed E-state index contributed by atoms with van der Waals surface area (Å²) in [5.74, 6) is 0.725. The standard InChI is InChI=1S/C10H12N2O/c1-2-12-9-3-5-10(6-4-9)13-8-7-11/h3-6,12H,2,8H2,1H3. The molecular weight excluding hydrogens is 164 g/mol. The summed E-state index contributed by atoms with van der Waals surface area (Å²) in [7, 11) is 0. The molecule has 1 aromatic rings. The minimum atomic E-state index is 0.0978. The molecule has 3 nitrogen and oxygen atoms in total. The Morgan fingerprint density at radius 3 is 2.62 bits per heavy atom. The van der Waals surface area contributed by atoms with Crippen molar-refractivity contribution in [2.45, 2.75) is 6.92 Å². The Balaban J connectivity index is 2.54. The molecule has 0 atom stereocenters. The fourth-order valence-corrected chi connectivity index (χ4v) is 0.989. The zero-order valence-electron chi connectivity index (χ0n) is 7.58. The Hall–Kier alpha value is -1.69. The summed E-state index contributed by atoms with van der Waals surface area (Å²) in [5.41, 5.74) is 1.06. The van der Waals surface area contributed by atoms with Crippen LogP contribution in [-0.4, -0.2) is 13.2 Å². The van der Waals surface area contributed by atoms with E-state index in [0.717, 1.165) is 18.0 Å². The lowest BCUT2D eigenvalue weighted by Crippen LogP contribution is -1.97. The Morgan fingerprint density at radius 1 is 1.38 bits per heavy atom.